The molecule has 1 N–H and O–H groups in total. The number of hydrogen-bond donors (Lipinski definition) is 1. The number of benzene rings is 1. The Labute approximate surface area is 92.2 Å². The van der Waals surface area contributed by atoms with Crippen LogP contribution in [0.2, 0.25) is 0 Å². The lowest BCUT2D eigenvalue weighted by atomic mass is 10.3. The van der Waals surface area contributed by atoms with Gasteiger partial charge in [-0.3, -0.25) is 5.32 Å². The summed E-state index contributed by atoms with van der Waals surface area (Å²) in [5, 5.41) is 2.40. The van der Waals surface area contributed by atoms with Crippen molar-refractivity contribution in [2.24, 2.45) is 0 Å². The average molecular weight is 232 g/mol. The smallest absolute Gasteiger partial charge is 0.411 e. The van der Waals surface area contributed by atoms with Gasteiger partial charge in [-0.2, -0.15) is 0 Å². The summed E-state index contributed by atoms with van der Waals surface area (Å²) < 4.78 is 17.5. The van der Waals surface area contributed by atoms with Crippen molar-refractivity contribution >= 4 is 23.4 Å². The quantitative estimate of drug-likeness (QED) is 0.639. The molecule has 1 amide bonds. The van der Waals surface area contributed by atoms with Crippen molar-refractivity contribution in [1.82, 2.24) is 0 Å². The maximum absolute atomic E-state index is 12.7. The highest BCUT2D eigenvalue weighted by molar-refractivity contribution is 6.17. The molecule has 0 radical (unpaired) electrons. The number of halogens is 2. The van der Waals surface area contributed by atoms with Gasteiger partial charge in [0, 0.05) is 11.6 Å². The Morgan fingerprint density at radius 3 is 3.00 bits per heavy atom. The SMILES string of the molecule is O=C(Nc1cccc(F)c1)OCCCCl. The molecule has 0 atom stereocenters. The number of carbonyl (C=O) groups is 1. The fourth-order valence-corrected chi connectivity index (χ4v) is 1.05. The molecule has 1 aromatic carbocycles. The van der Waals surface area contributed by atoms with Gasteiger partial charge < -0.3 is 4.74 Å². The Balaban J connectivity index is 2.37. The van der Waals surface area contributed by atoms with Crippen molar-refractivity contribution in [2.75, 3.05) is 17.8 Å². The van der Waals surface area contributed by atoms with E-state index < -0.39 is 11.9 Å². The van der Waals surface area contributed by atoms with Crippen molar-refractivity contribution in [2.45, 2.75) is 6.42 Å². The number of hydrogen-bond acceptors (Lipinski definition) is 2. The van der Waals surface area contributed by atoms with Gasteiger partial charge in [0.05, 0.1) is 6.61 Å². The van der Waals surface area contributed by atoms with Crippen molar-refractivity contribution in [3.63, 3.8) is 0 Å². The Bertz CT molecular complexity index is 333. The Morgan fingerprint density at radius 2 is 2.33 bits per heavy atom. The maximum atomic E-state index is 12.7. The Morgan fingerprint density at radius 1 is 1.53 bits per heavy atom. The zero-order chi connectivity index (χ0) is 11.1. The van der Waals surface area contributed by atoms with Gasteiger partial charge in [0.25, 0.3) is 0 Å². The minimum absolute atomic E-state index is 0.255. The molecule has 5 heteroatoms. The molecule has 0 bridgehead atoms. The highest BCUT2D eigenvalue weighted by Gasteiger charge is 2.02. The topological polar surface area (TPSA) is 38.3 Å². The first-order valence-electron chi connectivity index (χ1n) is 4.47. The third kappa shape index (κ3) is 4.65. The first kappa shape index (κ1) is 11.8. The van der Waals surface area contributed by atoms with Gasteiger partial charge in [0.1, 0.15) is 5.82 Å². The summed E-state index contributed by atoms with van der Waals surface area (Å²) in [6.45, 7) is 0.255. The standard InChI is InChI=1S/C10H11ClFNO2/c11-5-2-6-15-10(14)13-9-4-1-3-8(12)7-9/h1,3-4,7H,2,5-6H2,(H,13,14). The van der Waals surface area contributed by atoms with Crippen LogP contribution in [0.5, 0.6) is 0 Å². The van der Waals surface area contributed by atoms with Crippen LogP contribution in [0.15, 0.2) is 24.3 Å². The molecule has 0 saturated heterocycles. The predicted molar refractivity (Wildman–Crippen MR) is 56.7 cm³/mol. The van der Waals surface area contributed by atoms with Gasteiger partial charge in [-0.05, 0) is 24.6 Å². The van der Waals surface area contributed by atoms with E-state index in [9.17, 15) is 9.18 Å². The second kappa shape index (κ2) is 6.24. The number of rotatable bonds is 4. The lowest BCUT2D eigenvalue weighted by molar-refractivity contribution is 0.162. The van der Waals surface area contributed by atoms with Crippen LogP contribution in [-0.2, 0) is 4.74 Å². The molecule has 0 spiro atoms. The van der Waals surface area contributed by atoms with Crippen molar-refractivity contribution < 1.29 is 13.9 Å². The fourth-order valence-electron chi connectivity index (χ4n) is 0.940. The summed E-state index contributed by atoms with van der Waals surface area (Å²) in [5.41, 5.74) is 0.367. The van der Waals surface area contributed by atoms with E-state index >= 15 is 0 Å². The van der Waals surface area contributed by atoms with Crippen LogP contribution in [0.4, 0.5) is 14.9 Å². The van der Waals surface area contributed by atoms with E-state index in [1.807, 2.05) is 0 Å². The maximum Gasteiger partial charge on any atom is 0.411 e. The molecule has 0 saturated carbocycles. The Kier molecular flexibility index (Phi) is 4.90. The molecule has 1 aromatic rings. The lowest BCUT2D eigenvalue weighted by Crippen LogP contribution is -2.14. The zero-order valence-electron chi connectivity index (χ0n) is 8.00. The highest BCUT2D eigenvalue weighted by atomic mass is 35.5. The van der Waals surface area contributed by atoms with Crippen LogP contribution in [0, 0.1) is 5.82 Å². The number of nitrogens with one attached hydrogen (secondary N) is 1. The molecule has 0 fully saturated rings. The largest absolute Gasteiger partial charge is 0.449 e. The minimum Gasteiger partial charge on any atom is -0.449 e. The first-order valence-corrected chi connectivity index (χ1v) is 5.01. The molecule has 0 heterocycles. The van der Waals surface area contributed by atoms with Crippen molar-refractivity contribution in [3.8, 4) is 0 Å². The number of anilines is 1. The van der Waals surface area contributed by atoms with Gasteiger partial charge in [-0.15, -0.1) is 11.6 Å². The van der Waals surface area contributed by atoms with Gasteiger partial charge >= 0.3 is 6.09 Å². The zero-order valence-corrected chi connectivity index (χ0v) is 8.76. The monoisotopic (exact) mass is 231 g/mol. The summed E-state index contributed by atoms with van der Waals surface area (Å²) in [4.78, 5) is 11.1. The van der Waals surface area contributed by atoms with Gasteiger partial charge in [0.2, 0.25) is 0 Å². The van der Waals surface area contributed by atoms with Gasteiger partial charge in [0.15, 0.2) is 0 Å². The lowest BCUT2D eigenvalue weighted by Gasteiger charge is -2.05. The molecule has 0 aliphatic rings. The van der Waals surface area contributed by atoms with Crippen LogP contribution in [-0.4, -0.2) is 18.6 Å². The summed E-state index contributed by atoms with van der Waals surface area (Å²) in [6.07, 6.45) is -0.0105. The molecule has 3 nitrogen and oxygen atoms in total. The molecule has 0 unspecified atom stereocenters. The molecule has 82 valence electrons. The first-order chi connectivity index (χ1) is 7.22. The third-order valence-corrected chi connectivity index (χ3v) is 1.85. The van der Waals surface area contributed by atoms with Crippen molar-refractivity contribution in [3.05, 3.63) is 30.1 Å². The molecular formula is C10H11ClFNO2. The van der Waals surface area contributed by atoms with Gasteiger partial charge in [-0.1, -0.05) is 6.07 Å². The van der Waals surface area contributed by atoms with E-state index in [4.69, 9.17) is 16.3 Å². The van der Waals surface area contributed by atoms with Crippen molar-refractivity contribution in [1.29, 1.82) is 0 Å². The normalized spacial score (nSPS) is 9.73. The van der Waals surface area contributed by atoms with Crippen LogP contribution in [0.25, 0.3) is 0 Å². The Hall–Kier alpha value is -1.29. The molecule has 0 aromatic heterocycles. The highest BCUT2D eigenvalue weighted by Crippen LogP contribution is 2.09. The van der Waals surface area contributed by atoms with E-state index in [-0.39, 0.29) is 6.61 Å². The van der Waals surface area contributed by atoms with Crippen LogP contribution in [0.3, 0.4) is 0 Å². The van der Waals surface area contributed by atoms with Gasteiger partial charge in [-0.25, -0.2) is 9.18 Å². The summed E-state index contributed by atoms with van der Waals surface area (Å²) >= 11 is 5.40. The third-order valence-electron chi connectivity index (χ3n) is 1.58. The average Bonchev–Trinajstić information content (AvgIpc) is 2.18. The number of ether oxygens (including phenoxy) is 1. The second-order valence-electron chi connectivity index (χ2n) is 2.81. The fraction of sp³-hybridized carbons (Fsp3) is 0.300. The number of carbonyl (C=O) groups excluding carboxylic acids is 1. The molecule has 0 aliphatic carbocycles. The minimum atomic E-state index is -0.606. The molecule has 0 aliphatic heterocycles. The van der Waals surface area contributed by atoms with E-state index in [1.54, 1.807) is 6.07 Å². The summed E-state index contributed by atoms with van der Waals surface area (Å²) in [7, 11) is 0. The van der Waals surface area contributed by atoms with Crippen LogP contribution >= 0.6 is 11.6 Å². The predicted octanol–water partition coefficient (Wildman–Crippen LogP) is 3.00. The second-order valence-corrected chi connectivity index (χ2v) is 3.19. The van der Waals surface area contributed by atoms with Crippen LogP contribution in [0.1, 0.15) is 6.42 Å². The van der Waals surface area contributed by atoms with Crippen LogP contribution < -0.4 is 5.32 Å². The van der Waals surface area contributed by atoms with E-state index in [2.05, 4.69) is 5.32 Å². The summed E-state index contributed by atoms with van der Waals surface area (Å²) in [6, 6.07) is 5.59. The molecule has 1 rings (SSSR count). The summed E-state index contributed by atoms with van der Waals surface area (Å²) in [5.74, 6) is 0.0290. The van der Waals surface area contributed by atoms with E-state index in [1.165, 1.54) is 18.2 Å². The number of alkyl halides is 1. The molecule has 15 heavy (non-hydrogen) atoms. The van der Waals surface area contributed by atoms with E-state index in [0.29, 0.717) is 18.0 Å². The number of amides is 1. The molecular weight excluding hydrogens is 221 g/mol. The van der Waals surface area contributed by atoms with E-state index in [0.717, 1.165) is 0 Å².